The largest absolute Gasteiger partial charge is 0.472 e. The number of aliphatic hydroxyl groups excluding tert-OH is 1. The minimum atomic E-state index is -4.98. The van der Waals surface area contributed by atoms with Crippen LogP contribution in [0.2, 0.25) is 0 Å². The molecule has 0 aromatic rings. The maximum Gasteiger partial charge on any atom is 0.472 e. The molecule has 0 aromatic carbocycles. The van der Waals surface area contributed by atoms with Gasteiger partial charge >= 0.3 is 39.5 Å². The molecule has 0 saturated carbocycles. The number of hydrogen-bond acceptors (Lipinski definition) is 15. The Morgan fingerprint density at radius 3 is 0.843 bits per heavy atom. The van der Waals surface area contributed by atoms with E-state index in [0.717, 1.165) is 167 Å². The molecule has 5 atom stereocenters. The van der Waals surface area contributed by atoms with E-state index in [0.29, 0.717) is 25.7 Å². The summed E-state index contributed by atoms with van der Waals surface area (Å²) in [7, 11) is -9.96. The lowest BCUT2D eigenvalue weighted by atomic mass is 10.0. The summed E-state index contributed by atoms with van der Waals surface area (Å²) >= 11 is 0. The van der Waals surface area contributed by atoms with E-state index in [2.05, 4.69) is 125 Å². The van der Waals surface area contributed by atoms with Gasteiger partial charge in [0.25, 0.3) is 0 Å². The van der Waals surface area contributed by atoms with Crippen LogP contribution in [0.1, 0.15) is 349 Å². The molecular formula is C83H146O17P2. The Labute approximate surface area is 620 Å². The van der Waals surface area contributed by atoms with Gasteiger partial charge in [-0.25, -0.2) is 9.13 Å². The van der Waals surface area contributed by atoms with Gasteiger partial charge in [0, 0.05) is 25.7 Å². The summed E-state index contributed by atoms with van der Waals surface area (Å²) in [5.74, 6) is -2.22. The van der Waals surface area contributed by atoms with Gasteiger partial charge in [-0.2, -0.15) is 0 Å². The first-order chi connectivity index (χ1) is 49.7. The number of phosphoric ester groups is 2. The number of hydrogen-bond donors (Lipinski definition) is 3. The van der Waals surface area contributed by atoms with Crippen molar-refractivity contribution in [1.29, 1.82) is 0 Å². The van der Waals surface area contributed by atoms with Gasteiger partial charge in [-0.05, 0) is 122 Å². The van der Waals surface area contributed by atoms with Crippen LogP contribution < -0.4 is 0 Å². The second-order valence-electron chi connectivity index (χ2n) is 27.0. The molecular weight excluding hydrogens is 1330 g/mol. The molecule has 0 spiro atoms. The molecule has 0 radical (unpaired) electrons. The lowest BCUT2D eigenvalue weighted by Crippen LogP contribution is -2.30. The van der Waals surface area contributed by atoms with Gasteiger partial charge in [-0.3, -0.25) is 37.3 Å². The van der Waals surface area contributed by atoms with Crippen molar-refractivity contribution in [3.05, 3.63) is 97.2 Å². The molecule has 0 fully saturated rings. The summed E-state index contributed by atoms with van der Waals surface area (Å²) in [4.78, 5) is 73.0. The summed E-state index contributed by atoms with van der Waals surface area (Å²) < 4.78 is 68.6. The molecule has 0 aliphatic heterocycles. The van der Waals surface area contributed by atoms with E-state index in [1.54, 1.807) is 0 Å². The highest BCUT2D eigenvalue weighted by atomic mass is 31.2. The summed E-state index contributed by atoms with van der Waals surface area (Å²) in [5.41, 5.74) is 0. The maximum atomic E-state index is 13.1. The summed E-state index contributed by atoms with van der Waals surface area (Å²) in [6.07, 6.45) is 79.5. The Morgan fingerprint density at radius 2 is 0.529 bits per heavy atom. The molecule has 19 heteroatoms. The fraction of sp³-hybridized carbons (Fsp3) is 0.759. The molecule has 590 valence electrons. The zero-order valence-corrected chi connectivity index (χ0v) is 66.3. The fourth-order valence-electron chi connectivity index (χ4n) is 10.9. The van der Waals surface area contributed by atoms with Crippen molar-refractivity contribution >= 4 is 39.5 Å². The van der Waals surface area contributed by atoms with Crippen molar-refractivity contribution in [3.8, 4) is 0 Å². The first-order valence-corrected chi connectivity index (χ1v) is 43.5. The molecule has 0 aliphatic rings. The van der Waals surface area contributed by atoms with Crippen molar-refractivity contribution in [2.75, 3.05) is 39.6 Å². The molecule has 0 bridgehead atoms. The number of esters is 4. The lowest BCUT2D eigenvalue weighted by molar-refractivity contribution is -0.161. The lowest BCUT2D eigenvalue weighted by Gasteiger charge is -2.21. The first-order valence-electron chi connectivity index (χ1n) is 40.5. The third-order valence-corrected chi connectivity index (χ3v) is 18.9. The Hall–Kier alpha value is -4.02. The molecule has 0 rings (SSSR count). The number of aliphatic hydroxyl groups is 1. The van der Waals surface area contributed by atoms with Crippen LogP contribution in [0.25, 0.3) is 0 Å². The Bertz CT molecular complexity index is 2310. The molecule has 0 heterocycles. The molecule has 0 saturated heterocycles. The zero-order valence-electron chi connectivity index (χ0n) is 64.5. The third-order valence-electron chi connectivity index (χ3n) is 17.0. The minimum absolute atomic E-state index is 0.0778. The van der Waals surface area contributed by atoms with Crippen LogP contribution in [0.5, 0.6) is 0 Å². The highest BCUT2D eigenvalue weighted by molar-refractivity contribution is 7.47. The van der Waals surface area contributed by atoms with Crippen LogP contribution in [-0.4, -0.2) is 96.7 Å². The van der Waals surface area contributed by atoms with Gasteiger partial charge in [0.15, 0.2) is 12.2 Å². The number of allylic oxidation sites excluding steroid dienone is 16. The quantitative estimate of drug-likeness (QED) is 0.0169. The van der Waals surface area contributed by atoms with Gasteiger partial charge < -0.3 is 33.8 Å². The van der Waals surface area contributed by atoms with Gasteiger partial charge in [0.2, 0.25) is 0 Å². The highest BCUT2D eigenvalue weighted by Crippen LogP contribution is 2.45. The van der Waals surface area contributed by atoms with E-state index in [1.807, 2.05) is 0 Å². The Balaban J connectivity index is 5.37. The van der Waals surface area contributed by atoms with Crippen molar-refractivity contribution in [1.82, 2.24) is 0 Å². The second-order valence-corrected chi connectivity index (χ2v) is 29.9. The number of carbonyl (C=O) groups excluding carboxylic acids is 4. The smallest absolute Gasteiger partial charge is 0.462 e. The van der Waals surface area contributed by atoms with Gasteiger partial charge in [0.1, 0.15) is 19.3 Å². The van der Waals surface area contributed by atoms with E-state index in [1.165, 1.54) is 103 Å². The number of carbonyl (C=O) groups is 4. The second kappa shape index (κ2) is 75.2. The number of ether oxygens (including phenoxy) is 4. The van der Waals surface area contributed by atoms with E-state index in [9.17, 15) is 43.2 Å². The monoisotopic (exact) mass is 1480 g/mol. The van der Waals surface area contributed by atoms with Gasteiger partial charge in [-0.15, -0.1) is 0 Å². The average Bonchev–Trinajstić information content (AvgIpc) is 0.924. The predicted octanol–water partition coefficient (Wildman–Crippen LogP) is 23.6. The van der Waals surface area contributed by atoms with Crippen LogP contribution in [0.3, 0.4) is 0 Å². The highest BCUT2D eigenvalue weighted by Gasteiger charge is 2.30. The van der Waals surface area contributed by atoms with Crippen molar-refractivity contribution in [3.63, 3.8) is 0 Å². The normalized spacial score (nSPS) is 14.4. The predicted molar refractivity (Wildman–Crippen MR) is 418 cm³/mol. The molecule has 102 heavy (non-hydrogen) atoms. The van der Waals surface area contributed by atoms with Gasteiger partial charge in [-0.1, -0.05) is 298 Å². The third kappa shape index (κ3) is 74.3. The average molecular weight is 1480 g/mol. The Kier molecular flexibility index (Phi) is 72.3. The SMILES string of the molecule is CC/C=C\C/C=C\C/C=C\C/C=C\C/C=C\CCCCCC(=O)OCC(COP(=O)(O)OCC(O)COP(=O)(O)OCC(COC(=O)CCCCCCC/C=C\CCCCCCCC)OC(=O)CCCCCCC/C=C\C/C=C\CCC)OC(=O)CCCCCCCCCCCCCCCCC. The van der Waals surface area contributed by atoms with Crippen LogP contribution in [-0.2, 0) is 65.4 Å². The maximum absolute atomic E-state index is 13.1. The number of phosphoric acid groups is 2. The summed E-state index contributed by atoms with van der Waals surface area (Å²) in [5, 5.41) is 10.6. The van der Waals surface area contributed by atoms with E-state index >= 15 is 0 Å². The van der Waals surface area contributed by atoms with E-state index in [-0.39, 0.29) is 25.7 Å². The molecule has 0 amide bonds. The van der Waals surface area contributed by atoms with E-state index < -0.39 is 97.5 Å². The summed E-state index contributed by atoms with van der Waals surface area (Å²) in [6.45, 7) is 4.68. The Morgan fingerprint density at radius 1 is 0.284 bits per heavy atom. The standard InChI is InChI=1S/C83H146O17P2/c1-5-9-13-17-21-25-29-33-36-37-38-39-42-45-48-52-56-60-64-68-81(86)94-74-79(100-83(88)70-66-62-58-54-50-46-41-35-31-27-23-19-15-11-7-3)76-98-102(91,92)96-72-77(84)71-95-101(89,90)97-75-78(99-82(87)69-65-61-57-53-49-43-32-28-24-20-16-12-8-4)73-93-80(85)67-63-59-55-51-47-44-40-34-30-26-22-18-14-10-6-2/h9,13,16,20-21,25,28,32-34,36,38-40,45,48,77-79,84H,5-8,10-12,14-15,17-19,22-24,26-27,29-31,35,37,41-44,46-47,49-76H2,1-4H3,(H,89,90)(H,91,92)/b13-9-,20-16-,25-21-,32-28-,36-33-,39-38-,40-34-,48-45-. The first kappa shape index (κ1) is 98.0. The zero-order chi connectivity index (χ0) is 74.6. The van der Waals surface area contributed by atoms with Crippen molar-refractivity contribution in [2.24, 2.45) is 0 Å². The molecule has 3 N–H and O–H groups in total. The minimum Gasteiger partial charge on any atom is -0.462 e. The fourth-order valence-corrected chi connectivity index (χ4v) is 12.4. The summed E-state index contributed by atoms with van der Waals surface area (Å²) in [6, 6.07) is 0. The van der Waals surface area contributed by atoms with Crippen molar-refractivity contribution < 1.29 is 80.2 Å². The van der Waals surface area contributed by atoms with Crippen LogP contribution in [0.4, 0.5) is 0 Å². The van der Waals surface area contributed by atoms with Gasteiger partial charge in [0.05, 0.1) is 26.4 Å². The van der Waals surface area contributed by atoms with Crippen LogP contribution in [0.15, 0.2) is 97.2 Å². The van der Waals surface area contributed by atoms with Crippen LogP contribution in [0, 0.1) is 0 Å². The molecule has 0 aliphatic carbocycles. The molecule has 0 aromatic heterocycles. The van der Waals surface area contributed by atoms with Crippen molar-refractivity contribution in [2.45, 2.75) is 367 Å². The molecule has 5 unspecified atom stereocenters. The molecule has 17 nitrogen and oxygen atoms in total. The van der Waals surface area contributed by atoms with Crippen LogP contribution >= 0.6 is 15.6 Å². The van der Waals surface area contributed by atoms with E-state index in [4.69, 9.17) is 37.0 Å². The topological polar surface area (TPSA) is 237 Å². The number of rotatable bonds is 76. The number of unbranched alkanes of at least 4 members (excludes halogenated alkanes) is 34.